The Morgan fingerprint density at radius 1 is 1.00 bits per heavy atom. The van der Waals surface area contributed by atoms with Gasteiger partial charge in [0.25, 0.3) is 11.8 Å². The predicted octanol–water partition coefficient (Wildman–Crippen LogP) is 4.67. The van der Waals surface area contributed by atoms with E-state index in [9.17, 15) is 18.8 Å². The molecule has 2 aromatic carbocycles. The number of carbonyl (C=O) groups excluding carboxylic acids is 3. The molecule has 2 aromatic rings. The number of amides is 3. The highest BCUT2D eigenvalue weighted by Gasteiger charge is 2.47. The molecule has 1 saturated carbocycles. The smallest absolute Gasteiger partial charge is 0.257 e. The van der Waals surface area contributed by atoms with E-state index in [4.69, 9.17) is 0 Å². The van der Waals surface area contributed by atoms with Gasteiger partial charge in [-0.1, -0.05) is 38.8 Å². The fourth-order valence-electron chi connectivity index (χ4n) is 4.60. The van der Waals surface area contributed by atoms with Gasteiger partial charge in [0.2, 0.25) is 5.91 Å². The third kappa shape index (κ3) is 4.11. The number of halogens is 1. The second kappa shape index (κ2) is 8.61. The van der Waals surface area contributed by atoms with Crippen molar-refractivity contribution in [1.29, 1.82) is 0 Å². The molecule has 6 heteroatoms. The zero-order valence-corrected chi connectivity index (χ0v) is 17.9. The Balaban J connectivity index is 1.64. The number of anilines is 1. The summed E-state index contributed by atoms with van der Waals surface area (Å²) >= 11 is 0. The third-order valence-corrected chi connectivity index (χ3v) is 6.32. The van der Waals surface area contributed by atoms with Crippen LogP contribution in [0.2, 0.25) is 0 Å². The largest absolute Gasteiger partial charge is 0.323 e. The van der Waals surface area contributed by atoms with Crippen LogP contribution in [-0.4, -0.2) is 34.7 Å². The Labute approximate surface area is 181 Å². The van der Waals surface area contributed by atoms with Crippen LogP contribution >= 0.6 is 0 Å². The van der Waals surface area contributed by atoms with Gasteiger partial charge in [0, 0.05) is 11.6 Å². The number of nitrogens with zero attached hydrogens (tertiary/aromatic N) is 2. The van der Waals surface area contributed by atoms with Gasteiger partial charge in [-0.3, -0.25) is 14.4 Å². The Morgan fingerprint density at radius 2 is 1.61 bits per heavy atom. The first-order valence-corrected chi connectivity index (χ1v) is 10.9. The molecule has 162 valence electrons. The van der Waals surface area contributed by atoms with E-state index < -0.39 is 11.9 Å². The van der Waals surface area contributed by atoms with Crippen LogP contribution in [0.15, 0.2) is 48.5 Å². The Kier molecular flexibility index (Phi) is 5.90. The van der Waals surface area contributed by atoms with Crippen molar-refractivity contribution in [3.8, 4) is 0 Å². The molecule has 1 unspecified atom stereocenters. The molecule has 3 amide bonds. The SMILES string of the molecule is CC(C)c1ccc(N2C(=O)CC(N(C(=O)c3ccc(F)cc3)C3CCCC3)C2=O)cc1. The molecule has 0 radical (unpaired) electrons. The van der Waals surface area contributed by atoms with Crippen LogP contribution in [0.1, 0.15) is 67.8 Å². The van der Waals surface area contributed by atoms with E-state index in [0.717, 1.165) is 31.2 Å². The van der Waals surface area contributed by atoms with Crippen molar-refractivity contribution in [2.45, 2.75) is 64.0 Å². The van der Waals surface area contributed by atoms with Crippen LogP contribution in [0.5, 0.6) is 0 Å². The lowest BCUT2D eigenvalue weighted by atomic mass is 10.0. The van der Waals surface area contributed by atoms with E-state index in [1.165, 1.54) is 29.2 Å². The monoisotopic (exact) mass is 422 g/mol. The standard InChI is InChI=1S/C25H27FN2O3/c1-16(2)17-9-13-21(14-10-17)28-23(29)15-22(25(28)31)27(20-5-3-4-6-20)24(30)18-7-11-19(26)12-8-18/h7-14,16,20,22H,3-6,15H2,1-2H3. The van der Waals surface area contributed by atoms with Gasteiger partial charge >= 0.3 is 0 Å². The van der Waals surface area contributed by atoms with Crippen molar-refractivity contribution in [3.05, 3.63) is 65.5 Å². The van der Waals surface area contributed by atoms with Crippen molar-refractivity contribution in [1.82, 2.24) is 4.90 Å². The highest BCUT2D eigenvalue weighted by atomic mass is 19.1. The Morgan fingerprint density at radius 3 is 2.19 bits per heavy atom. The first-order valence-electron chi connectivity index (χ1n) is 10.9. The summed E-state index contributed by atoms with van der Waals surface area (Å²) in [5.74, 6) is -1.08. The Hall–Kier alpha value is -3.02. The van der Waals surface area contributed by atoms with E-state index in [0.29, 0.717) is 17.2 Å². The van der Waals surface area contributed by atoms with E-state index >= 15 is 0 Å². The average Bonchev–Trinajstić information content (AvgIpc) is 3.37. The molecule has 2 aliphatic rings. The zero-order chi connectivity index (χ0) is 22.1. The van der Waals surface area contributed by atoms with Gasteiger partial charge in [-0.05, 0) is 60.7 Å². The molecule has 31 heavy (non-hydrogen) atoms. The molecular formula is C25H27FN2O3. The molecule has 1 heterocycles. The molecule has 0 spiro atoms. The van der Waals surface area contributed by atoms with Crippen molar-refractivity contribution in [2.24, 2.45) is 0 Å². The van der Waals surface area contributed by atoms with Crippen molar-refractivity contribution in [2.75, 3.05) is 4.90 Å². The number of imide groups is 1. The van der Waals surface area contributed by atoms with Gasteiger partial charge in [0.15, 0.2) is 0 Å². The number of rotatable bonds is 5. The molecule has 1 aliphatic heterocycles. The fraction of sp³-hybridized carbons (Fsp3) is 0.400. The molecule has 0 N–H and O–H groups in total. The summed E-state index contributed by atoms with van der Waals surface area (Å²) in [5, 5.41) is 0. The summed E-state index contributed by atoms with van der Waals surface area (Å²) in [6, 6.07) is 11.8. The predicted molar refractivity (Wildman–Crippen MR) is 116 cm³/mol. The molecule has 0 bridgehead atoms. The maximum absolute atomic E-state index is 13.4. The lowest BCUT2D eigenvalue weighted by molar-refractivity contribution is -0.123. The highest BCUT2D eigenvalue weighted by molar-refractivity contribution is 6.23. The lowest BCUT2D eigenvalue weighted by Gasteiger charge is -2.33. The second-order valence-corrected chi connectivity index (χ2v) is 8.69. The maximum atomic E-state index is 13.4. The minimum absolute atomic E-state index is 0.0335. The van der Waals surface area contributed by atoms with E-state index in [-0.39, 0.29) is 30.2 Å². The van der Waals surface area contributed by atoms with Crippen LogP contribution < -0.4 is 4.90 Å². The van der Waals surface area contributed by atoms with Crippen LogP contribution in [-0.2, 0) is 9.59 Å². The quantitative estimate of drug-likeness (QED) is 0.658. The summed E-state index contributed by atoms with van der Waals surface area (Å²) in [7, 11) is 0. The van der Waals surface area contributed by atoms with Crippen molar-refractivity contribution in [3.63, 3.8) is 0 Å². The van der Waals surface area contributed by atoms with Gasteiger partial charge in [-0.25, -0.2) is 9.29 Å². The maximum Gasteiger partial charge on any atom is 0.257 e. The summed E-state index contributed by atoms with van der Waals surface area (Å²) in [6.45, 7) is 4.16. The highest BCUT2D eigenvalue weighted by Crippen LogP contribution is 2.33. The summed E-state index contributed by atoms with van der Waals surface area (Å²) < 4.78 is 13.4. The molecule has 1 atom stereocenters. The zero-order valence-electron chi connectivity index (χ0n) is 17.9. The lowest BCUT2D eigenvalue weighted by Crippen LogP contribution is -2.50. The van der Waals surface area contributed by atoms with E-state index in [1.54, 1.807) is 17.0 Å². The van der Waals surface area contributed by atoms with E-state index in [2.05, 4.69) is 13.8 Å². The molecule has 2 fully saturated rings. The molecule has 4 rings (SSSR count). The number of hydrogen-bond donors (Lipinski definition) is 0. The minimum atomic E-state index is -0.835. The number of carbonyl (C=O) groups is 3. The second-order valence-electron chi connectivity index (χ2n) is 8.69. The first-order chi connectivity index (χ1) is 14.9. The molecule has 5 nitrogen and oxygen atoms in total. The average molecular weight is 423 g/mol. The van der Waals surface area contributed by atoms with Gasteiger partial charge in [-0.15, -0.1) is 0 Å². The van der Waals surface area contributed by atoms with Crippen LogP contribution in [0.3, 0.4) is 0 Å². The molecule has 1 aliphatic carbocycles. The molecule has 1 saturated heterocycles. The van der Waals surface area contributed by atoms with Gasteiger partial charge in [0.1, 0.15) is 11.9 Å². The van der Waals surface area contributed by atoms with Crippen LogP contribution in [0.4, 0.5) is 10.1 Å². The van der Waals surface area contributed by atoms with E-state index in [1.807, 2.05) is 12.1 Å². The Bertz CT molecular complexity index is 979. The fourth-order valence-corrected chi connectivity index (χ4v) is 4.60. The summed E-state index contributed by atoms with van der Waals surface area (Å²) in [5.41, 5.74) is 1.98. The van der Waals surface area contributed by atoms with Crippen LogP contribution in [0, 0.1) is 5.82 Å². The third-order valence-electron chi connectivity index (χ3n) is 6.32. The topological polar surface area (TPSA) is 57.7 Å². The summed E-state index contributed by atoms with van der Waals surface area (Å²) in [4.78, 5) is 42.4. The number of hydrogen-bond acceptors (Lipinski definition) is 3. The van der Waals surface area contributed by atoms with Gasteiger partial charge in [-0.2, -0.15) is 0 Å². The molecular weight excluding hydrogens is 395 g/mol. The van der Waals surface area contributed by atoms with Crippen molar-refractivity contribution < 1.29 is 18.8 Å². The van der Waals surface area contributed by atoms with Gasteiger partial charge < -0.3 is 4.90 Å². The normalized spacial score (nSPS) is 19.5. The minimum Gasteiger partial charge on any atom is -0.323 e. The number of benzene rings is 2. The van der Waals surface area contributed by atoms with Crippen molar-refractivity contribution >= 4 is 23.4 Å². The van der Waals surface area contributed by atoms with Crippen LogP contribution in [0.25, 0.3) is 0 Å². The summed E-state index contributed by atoms with van der Waals surface area (Å²) in [6.07, 6.45) is 3.52. The van der Waals surface area contributed by atoms with Gasteiger partial charge in [0.05, 0.1) is 12.1 Å². The first kappa shape index (κ1) is 21.2. The molecule has 0 aromatic heterocycles.